The van der Waals surface area contributed by atoms with Gasteiger partial charge in [-0.1, -0.05) is 0 Å². The minimum Gasteiger partial charge on any atom is -0.272 e. The first-order chi connectivity index (χ1) is 9.72. The molecule has 0 spiro atoms. The Morgan fingerprint density at radius 1 is 1.33 bits per heavy atom. The molecule has 0 aliphatic rings. The Bertz CT molecular complexity index is 743. The molecular weight excluding hydrogens is 290 g/mol. The van der Waals surface area contributed by atoms with Gasteiger partial charge in [0, 0.05) is 37.1 Å². The molecule has 7 nitrogen and oxygen atoms in total. The van der Waals surface area contributed by atoms with Gasteiger partial charge in [-0.05, 0) is 27.7 Å². The summed E-state index contributed by atoms with van der Waals surface area (Å²) in [5.41, 5.74) is 2.68. The lowest BCUT2D eigenvalue weighted by Gasteiger charge is -2.06. The first kappa shape index (κ1) is 15.7. The van der Waals surface area contributed by atoms with E-state index in [-0.39, 0.29) is 17.5 Å². The largest absolute Gasteiger partial charge is 0.272 e. The third kappa shape index (κ3) is 3.16. The van der Waals surface area contributed by atoms with Crippen LogP contribution in [0.25, 0.3) is 0 Å². The average molecular weight is 311 g/mol. The maximum atomic E-state index is 12.3. The van der Waals surface area contributed by atoms with E-state index in [0.717, 1.165) is 17.0 Å². The molecule has 0 fully saturated rings. The zero-order valence-electron chi connectivity index (χ0n) is 13.0. The van der Waals surface area contributed by atoms with E-state index in [2.05, 4.69) is 14.9 Å². The van der Waals surface area contributed by atoms with Gasteiger partial charge in [0.15, 0.2) is 0 Å². The quantitative estimate of drug-likeness (QED) is 0.902. The molecule has 2 rings (SSSR count). The molecule has 0 unspecified atom stereocenters. The van der Waals surface area contributed by atoms with Gasteiger partial charge in [0.2, 0.25) is 10.0 Å². The summed E-state index contributed by atoms with van der Waals surface area (Å²) in [6, 6.07) is 0.122. The molecule has 0 saturated carbocycles. The minimum atomic E-state index is -3.57. The van der Waals surface area contributed by atoms with Gasteiger partial charge in [-0.15, -0.1) is 0 Å². The van der Waals surface area contributed by atoms with Crippen molar-refractivity contribution in [2.75, 3.05) is 0 Å². The van der Waals surface area contributed by atoms with Crippen LogP contribution in [0, 0.1) is 13.8 Å². The molecule has 0 saturated heterocycles. The van der Waals surface area contributed by atoms with Crippen LogP contribution in [0.15, 0.2) is 17.3 Å². The standard InChI is InChI=1S/C13H21N5O2S/c1-9(2)18-8-12(6-14-18)21(19,20)15-7-13-10(3)16-17(5)11(13)4/h6,8-9,15H,7H2,1-5H3. The van der Waals surface area contributed by atoms with Crippen molar-refractivity contribution in [2.45, 2.75) is 45.2 Å². The van der Waals surface area contributed by atoms with Gasteiger partial charge in [0.05, 0.1) is 11.9 Å². The second kappa shape index (κ2) is 5.61. The van der Waals surface area contributed by atoms with Gasteiger partial charge in [-0.3, -0.25) is 9.36 Å². The topological polar surface area (TPSA) is 81.8 Å². The predicted molar refractivity (Wildman–Crippen MR) is 79.3 cm³/mol. The normalized spacial score (nSPS) is 12.3. The van der Waals surface area contributed by atoms with Gasteiger partial charge in [0.1, 0.15) is 4.90 Å². The van der Waals surface area contributed by atoms with Crippen LogP contribution in [0.5, 0.6) is 0 Å². The molecule has 1 N–H and O–H groups in total. The fraction of sp³-hybridized carbons (Fsp3) is 0.538. The van der Waals surface area contributed by atoms with Crippen LogP contribution in [0.1, 0.15) is 36.8 Å². The third-order valence-electron chi connectivity index (χ3n) is 3.52. The summed E-state index contributed by atoms with van der Waals surface area (Å²) < 4.78 is 30.5. The zero-order chi connectivity index (χ0) is 15.8. The SMILES string of the molecule is Cc1nn(C)c(C)c1CNS(=O)(=O)c1cnn(C(C)C)c1. The smallest absolute Gasteiger partial charge is 0.243 e. The Morgan fingerprint density at radius 3 is 2.48 bits per heavy atom. The fourth-order valence-corrected chi connectivity index (χ4v) is 3.00. The number of nitrogens with zero attached hydrogens (tertiary/aromatic N) is 4. The van der Waals surface area contributed by atoms with E-state index >= 15 is 0 Å². The highest BCUT2D eigenvalue weighted by atomic mass is 32.2. The van der Waals surface area contributed by atoms with Crippen molar-refractivity contribution in [3.8, 4) is 0 Å². The Hall–Kier alpha value is -1.67. The van der Waals surface area contributed by atoms with Crippen molar-refractivity contribution in [1.29, 1.82) is 0 Å². The van der Waals surface area contributed by atoms with Crippen LogP contribution in [-0.2, 0) is 23.6 Å². The number of aryl methyl sites for hydroxylation is 2. The molecule has 0 aliphatic carbocycles. The van der Waals surface area contributed by atoms with Crippen molar-refractivity contribution in [3.63, 3.8) is 0 Å². The maximum absolute atomic E-state index is 12.3. The molecule has 0 bridgehead atoms. The molecule has 2 aromatic rings. The molecule has 0 amide bonds. The molecule has 21 heavy (non-hydrogen) atoms. The molecule has 116 valence electrons. The Morgan fingerprint density at radius 2 is 2.00 bits per heavy atom. The van der Waals surface area contributed by atoms with Gasteiger partial charge in [0.25, 0.3) is 0 Å². The summed E-state index contributed by atoms with van der Waals surface area (Å²) in [4.78, 5) is 0.176. The highest BCUT2D eigenvalue weighted by Crippen LogP contribution is 2.14. The molecule has 2 aromatic heterocycles. The monoisotopic (exact) mass is 311 g/mol. The summed E-state index contributed by atoms with van der Waals surface area (Å²) in [6.45, 7) is 7.90. The second-order valence-electron chi connectivity index (χ2n) is 5.35. The number of hydrogen-bond donors (Lipinski definition) is 1. The molecule has 8 heteroatoms. The van der Waals surface area contributed by atoms with Crippen LogP contribution in [0.4, 0.5) is 0 Å². The lowest BCUT2D eigenvalue weighted by Crippen LogP contribution is -2.23. The van der Waals surface area contributed by atoms with E-state index in [1.807, 2.05) is 34.7 Å². The Kier molecular flexibility index (Phi) is 4.20. The van der Waals surface area contributed by atoms with Gasteiger partial charge < -0.3 is 0 Å². The molecular formula is C13H21N5O2S. The number of hydrogen-bond acceptors (Lipinski definition) is 4. The van der Waals surface area contributed by atoms with E-state index in [9.17, 15) is 8.42 Å². The first-order valence-corrected chi connectivity index (χ1v) is 8.23. The van der Waals surface area contributed by atoms with Crippen LogP contribution in [0.2, 0.25) is 0 Å². The second-order valence-corrected chi connectivity index (χ2v) is 7.11. The molecule has 0 aromatic carbocycles. The van der Waals surface area contributed by atoms with Crippen molar-refractivity contribution in [2.24, 2.45) is 7.05 Å². The molecule has 0 atom stereocenters. The predicted octanol–water partition coefficient (Wildman–Crippen LogP) is 1.29. The highest BCUT2D eigenvalue weighted by Gasteiger charge is 2.19. The van der Waals surface area contributed by atoms with E-state index in [1.165, 1.54) is 12.4 Å². The van der Waals surface area contributed by atoms with E-state index in [1.54, 1.807) is 9.36 Å². The van der Waals surface area contributed by atoms with Crippen LogP contribution in [-0.4, -0.2) is 28.0 Å². The molecule has 0 aliphatic heterocycles. The van der Waals surface area contributed by atoms with Gasteiger partial charge in [-0.2, -0.15) is 10.2 Å². The summed E-state index contributed by atoms with van der Waals surface area (Å²) in [7, 11) is -1.73. The van der Waals surface area contributed by atoms with Crippen molar-refractivity contribution >= 4 is 10.0 Å². The van der Waals surface area contributed by atoms with Crippen LogP contribution < -0.4 is 4.72 Å². The maximum Gasteiger partial charge on any atom is 0.243 e. The number of aromatic nitrogens is 4. The average Bonchev–Trinajstić information content (AvgIpc) is 2.96. The van der Waals surface area contributed by atoms with Gasteiger partial charge >= 0.3 is 0 Å². The van der Waals surface area contributed by atoms with Crippen molar-refractivity contribution in [1.82, 2.24) is 24.3 Å². The lowest BCUT2D eigenvalue weighted by molar-refractivity contribution is 0.531. The highest BCUT2D eigenvalue weighted by molar-refractivity contribution is 7.89. The lowest BCUT2D eigenvalue weighted by atomic mass is 10.2. The Labute approximate surface area is 125 Å². The fourth-order valence-electron chi connectivity index (χ4n) is 2.07. The molecule has 0 radical (unpaired) electrons. The van der Waals surface area contributed by atoms with Gasteiger partial charge in [-0.25, -0.2) is 13.1 Å². The van der Waals surface area contributed by atoms with Crippen LogP contribution in [0.3, 0.4) is 0 Å². The number of rotatable bonds is 5. The number of nitrogens with one attached hydrogen (secondary N) is 1. The van der Waals surface area contributed by atoms with Crippen LogP contribution >= 0.6 is 0 Å². The van der Waals surface area contributed by atoms with E-state index < -0.39 is 10.0 Å². The third-order valence-corrected chi connectivity index (χ3v) is 4.87. The van der Waals surface area contributed by atoms with Crippen molar-refractivity contribution < 1.29 is 8.42 Å². The van der Waals surface area contributed by atoms with E-state index in [4.69, 9.17) is 0 Å². The zero-order valence-corrected chi connectivity index (χ0v) is 13.8. The summed E-state index contributed by atoms with van der Waals surface area (Å²) in [5, 5.41) is 8.33. The number of sulfonamides is 1. The molecule has 2 heterocycles. The first-order valence-electron chi connectivity index (χ1n) is 6.75. The minimum absolute atomic E-state index is 0.122. The van der Waals surface area contributed by atoms with E-state index in [0.29, 0.717) is 0 Å². The summed E-state index contributed by atoms with van der Waals surface area (Å²) in [5.74, 6) is 0. The summed E-state index contributed by atoms with van der Waals surface area (Å²) in [6.07, 6.45) is 2.90. The van der Waals surface area contributed by atoms with Crippen molar-refractivity contribution in [3.05, 3.63) is 29.3 Å². The summed E-state index contributed by atoms with van der Waals surface area (Å²) >= 11 is 0. The Balaban J connectivity index is 2.17.